The van der Waals surface area contributed by atoms with Gasteiger partial charge in [-0.15, -0.1) is 0 Å². The Morgan fingerprint density at radius 3 is 2.83 bits per heavy atom. The summed E-state index contributed by atoms with van der Waals surface area (Å²) in [4.78, 5) is 30.2. The molecule has 3 atom stereocenters. The Morgan fingerprint density at radius 2 is 2.17 bits per heavy atom. The second-order valence-electron chi connectivity index (χ2n) is 7.34. The second-order valence-corrected chi connectivity index (χ2v) is 7.34. The summed E-state index contributed by atoms with van der Waals surface area (Å²) in [6.07, 6.45) is -2.15. The Hall–Kier alpha value is -2.30. The third kappa shape index (κ3) is 5.65. The predicted molar refractivity (Wildman–Crippen MR) is 102 cm³/mol. The van der Waals surface area contributed by atoms with Gasteiger partial charge in [0.1, 0.15) is 0 Å². The minimum absolute atomic E-state index is 0.0706. The van der Waals surface area contributed by atoms with E-state index in [1.54, 1.807) is 7.11 Å². The lowest BCUT2D eigenvalue weighted by atomic mass is 10.1. The number of carbonyl (C=O) groups excluding carboxylic acids is 2. The maximum atomic E-state index is 12.8. The number of carbonyl (C=O) groups is 2. The van der Waals surface area contributed by atoms with Crippen LogP contribution in [0.3, 0.4) is 0 Å². The number of hydrogen-bond donors (Lipinski definition) is 1. The topological polar surface area (TPSA) is 80.2 Å². The maximum absolute atomic E-state index is 12.8. The molecule has 10 heteroatoms. The Labute approximate surface area is 172 Å². The lowest BCUT2D eigenvalue weighted by Crippen LogP contribution is -2.34. The van der Waals surface area contributed by atoms with Crippen molar-refractivity contribution in [2.24, 2.45) is 10.9 Å². The van der Waals surface area contributed by atoms with Gasteiger partial charge in [-0.3, -0.25) is 14.5 Å². The van der Waals surface area contributed by atoms with Crippen LogP contribution in [0.2, 0.25) is 0 Å². The number of amides is 2. The number of ether oxygens (including phenoxy) is 2. The number of nitrogens with zero attached hydrogens (tertiary/aromatic N) is 2. The number of halogens is 3. The van der Waals surface area contributed by atoms with Crippen molar-refractivity contribution in [1.82, 2.24) is 10.2 Å². The zero-order chi connectivity index (χ0) is 21.7. The minimum Gasteiger partial charge on any atom is -0.380 e. The molecular weight excluding hydrogens is 403 g/mol. The SMILES string of the molecule is COC1CN(C2CCOC2)CC1C=NC(=O)CNC(=O)c1cccc(C(F)(F)F)c1. The van der Waals surface area contributed by atoms with Crippen LogP contribution in [0, 0.1) is 5.92 Å². The van der Waals surface area contributed by atoms with Gasteiger partial charge in [0.05, 0.1) is 24.8 Å². The van der Waals surface area contributed by atoms with Crippen molar-refractivity contribution >= 4 is 18.0 Å². The van der Waals surface area contributed by atoms with Crippen LogP contribution in [-0.4, -0.2) is 75.0 Å². The van der Waals surface area contributed by atoms with Crippen molar-refractivity contribution in [3.63, 3.8) is 0 Å². The third-order valence-corrected chi connectivity index (χ3v) is 5.32. The molecule has 0 aliphatic carbocycles. The molecule has 0 radical (unpaired) electrons. The van der Waals surface area contributed by atoms with E-state index in [0.717, 1.165) is 37.8 Å². The fourth-order valence-corrected chi connectivity index (χ4v) is 3.65. The predicted octanol–water partition coefficient (Wildman–Crippen LogP) is 1.77. The second kappa shape index (κ2) is 9.67. The Kier molecular flexibility index (Phi) is 7.22. The number of methoxy groups -OCH3 is 1. The van der Waals surface area contributed by atoms with Gasteiger partial charge < -0.3 is 14.8 Å². The molecule has 0 bridgehead atoms. The van der Waals surface area contributed by atoms with E-state index in [0.29, 0.717) is 19.2 Å². The zero-order valence-corrected chi connectivity index (χ0v) is 16.5. The van der Waals surface area contributed by atoms with Crippen molar-refractivity contribution in [3.05, 3.63) is 35.4 Å². The standard InChI is InChI=1S/C20H24F3N3O4/c1-29-17-11-26(16-5-6-30-12-16)10-14(17)8-24-18(27)9-25-19(28)13-3-2-4-15(7-13)20(21,22)23/h2-4,7-8,14,16-17H,5-6,9-12H2,1H3,(H,25,28). The van der Waals surface area contributed by atoms with Crippen molar-refractivity contribution in [1.29, 1.82) is 0 Å². The average Bonchev–Trinajstić information content (AvgIpc) is 3.39. The fraction of sp³-hybridized carbons (Fsp3) is 0.550. The smallest absolute Gasteiger partial charge is 0.380 e. The highest BCUT2D eigenvalue weighted by Gasteiger charge is 2.36. The number of aliphatic imine (C=N–C) groups is 1. The molecule has 0 aromatic heterocycles. The van der Waals surface area contributed by atoms with Gasteiger partial charge in [-0.25, -0.2) is 4.99 Å². The lowest BCUT2D eigenvalue weighted by molar-refractivity contribution is -0.137. The molecule has 1 N–H and O–H groups in total. The summed E-state index contributed by atoms with van der Waals surface area (Å²) in [5.41, 5.74) is -1.10. The number of rotatable bonds is 6. The van der Waals surface area contributed by atoms with Gasteiger partial charge in [0, 0.05) is 50.5 Å². The number of benzene rings is 1. The normalized spacial score (nSPS) is 25.1. The van der Waals surface area contributed by atoms with Crippen LogP contribution in [0.4, 0.5) is 13.2 Å². The summed E-state index contributed by atoms with van der Waals surface area (Å²) in [6, 6.07) is 4.35. The molecule has 2 aliphatic heterocycles. The van der Waals surface area contributed by atoms with Crippen LogP contribution in [0.25, 0.3) is 0 Å². The Balaban J connectivity index is 1.51. The summed E-state index contributed by atoms with van der Waals surface area (Å²) in [5.74, 6) is -1.43. The monoisotopic (exact) mass is 427 g/mol. The van der Waals surface area contributed by atoms with Gasteiger partial charge in [-0.2, -0.15) is 13.2 Å². The average molecular weight is 427 g/mol. The van der Waals surface area contributed by atoms with Gasteiger partial charge in [-0.1, -0.05) is 6.07 Å². The third-order valence-electron chi connectivity index (χ3n) is 5.32. The van der Waals surface area contributed by atoms with Crippen molar-refractivity contribution in [2.45, 2.75) is 24.7 Å². The van der Waals surface area contributed by atoms with E-state index in [2.05, 4.69) is 15.2 Å². The molecule has 2 amide bonds. The van der Waals surface area contributed by atoms with Crippen molar-refractivity contribution < 1.29 is 32.2 Å². The molecule has 0 spiro atoms. The Morgan fingerprint density at radius 1 is 1.37 bits per heavy atom. The summed E-state index contributed by atoms with van der Waals surface area (Å²) >= 11 is 0. The number of nitrogens with one attached hydrogen (secondary N) is 1. The van der Waals surface area contributed by atoms with Gasteiger partial charge in [0.15, 0.2) is 0 Å². The van der Waals surface area contributed by atoms with E-state index >= 15 is 0 Å². The van der Waals surface area contributed by atoms with Crippen LogP contribution in [0.15, 0.2) is 29.3 Å². The molecule has 2 fully saturated rings. The molecule has 1 aromatic rings. The van der Waals surface area contributed by atoms with E-state index < -0.39 is 30.1 Å². The van der Waals surface area contributed by atoms with Gasteiger partial charge in [-0.05, 0) is 24.6 Å². The summed E-state index contributed by atoms with van der Waals surface area (Å²) < 4.78 is 49.2. The number of hydrogen-bond acceptors (Lipinski definition) is 5. The van der Waals surface area contributed by atoms with Gasteiger partial charge in [0.25, 0.3) is 11.8 Å². The molecule has 1 aromatic carbocycles. The summed E-state index contributed by atoms with van der Waals surface area (Å²) in [7, 11) is 1.61. The largest absolute Gasteiger partial charge is 0.416 e. The van der Waals surface area contributed by atoms with E-state index in [1.807, 2.05) is 0 Å². The molecule has 0 saturated carbocycles. The van der Waals surface area contributed by atoms with E-state index in [9.17, 15) is 22.8 Å². The quantitative estimate of drug-likeness (QED) is 0.700. The van der Waals surface area contributed by atoms with Crippen LogP contribution >= 0.6 is 0 Å². The molecule has 3 unspecified atom stereocenters. The van der Waals surface area contributed by atoms with Crippen LogP contribution in [0.5, 0.6) is 0 Å². The number of likely N-dealkylation sites (tertiary alicyclic amines) is 1. The zero-order valence-electron chi connectivity index (χ0n) is 16.5. The number of alkyl halides is 3. The fourth-order valence-electron chi connectivity index (χ4n) is 3.65. The van der Waals surface area contributed by atoms with E-state index in [1.165, 1.54) is 12.3 Å². The van der Waals surface area contributed by atoms with Crippen LogP contribution in [0.1, 0.15) is 22.3 Å². The summed E-state index contributed by atoms with van der Waals surface area (Å²) in [5, 5.41) is 2.30. The van der Waals surface area contributed by atoms with Crippen molar-refractivity contribution in [3.8, 4) is 0 Å². The summed E-state index contributed by atoms with van der Waals surface area (Å²) in [6.45, 7) is 2.43. The molecular formula is C20H24F3N3O4. The molecule has 3 rings (SSSR count). The van der Waals surface area contributed by atoms with Gasteiger partial charge >= 0.3 is 6.18 Å². The van der Waals surface area contributed by atoms with Crippen LogP contribution in [-0.2, 0) is 20.4 Å². The molecule has 2 aliphatic rings. The first-order valence-electron chi connectivity index (χ1n) is 9.65. The molecule has 30 heavy (non-hydrogen) atoms. The van der Waals surface area contributed by atoms with Crippen LogP contribution < -0.4 is 5.32 Å². The first-order valence-corrected chi connectivity index (χ1v) is 9.65. The molecule has 7 nitrogen and oxygen atoms in total. The molecule has 2 heterocycles. The highest BCUT2D eigenvalue weighted by atomic mass is 19.4. The van der Waals surface area contributed by atoms with E-state index in [4.69, 9.17) is 9.47 Å². The highest BCUT2D eigenvalue weighted by molar-refractivity contribution is 5.97. The lowest BCUT2D eigenvalue weighted by Gasteiger charge is -2.21. The molecule has 164 valence electrons. The minimum atomic E-state index is -4.55. The van der Waals surface area contributed by atoms with E-state index in [-0.39, 0.29) is 17.6 Å². The maximum Gasteiger partial charge on any atom is 0.416 e. The van der Waals surface area contributed by atoms with Gasteiger partial charge in [0.2, 0.25) is 0 Å². The highest BCUT2D eigenvalue weighted by Crippen LogP contribution is 2.29. The Bertz CT molecular complexity index is 794. The first-order chi connectivity index (χ1) is 14.3. The molecule has 2 saturated heterocycles. The van der Waals surface area contributed by atoms with Crippen molar-refractivity contribution in [2.75, 3.05) is 40.0 Å². The first kappa shape index (κ1) is 22.4.